The predicted octanol–water partition coefficient (Wildman–Crippen LogP) is 7.65. The number of halogens is 2. The first kappa shape index (κ1) is 28.6. The predicted molar refractivity (Wildman–Crippen MR) is 163 cm³/mol. The Hall–Kier alpha value is -4.91. The summed E-state index contributed by atoms with van der Waals surface area (Å²) in [6.07, 6.45) is 1.48. The molecular formula is C34H22Cl2N2O4. The van der Waals surface area contributed by atoms with Crippen LogP contribution in [-0.2, 0) is 0 Å². The Balaban J connectivity index is 1.62. The number of aryl methyl sites for hydroxylation is 1. The van der Waals surface area contributed by atoms with Crippen LogP contribution < -0.4 is 4.90 Å². The van der Waals surface area contributed by atoms with Crippen LogP contribution in [0.1, 0.15) is 58.1 Å². The van der Waals surface area contributed by atoms with Gasteiger partial charge in [-0.25, -0.2) is 9.88 Å². The molecule has 0 saturated heterocycles. The minimum Gasteiger partial charge on any atom is -0.289 e. The van der Waals surface area contributed by atoms with Gasteiger partial charge in [0.1, 0.15) is 5.82 Å². The highest BCUT2D eigenvalue weighted by Gasteiger charge is 2.32. The standard InChI is InChI=1S/C34H22Cl2N2O4/c1-21-18-19-37-30(20-21)38(33(41)28-8-4-2-6-26(28)31(39)22-10-14-24(35)15-11-22)34(42)29-9-5-3-7-27(29)32(40)23-12-16-25(36)17-13-23/h2-20H,1H3. The third-order valence-electron chi connectivity index (χ3n) is 6.55. The van der Waals surface area contributed by atoms with Gasteiger partial charge in [-0.05, 0) is 85.3 Å². The van der Waals surface area contributed by atoms with E-state index in [-0.39, 0.29) is 28.1 Å². The number of rotatable bonds is 7. The zero-order valence-corrected chi connectivity index (χ0v) is 23.8. The molecule has 0 fully saturated rings. The normalized spacial score (nSPS) is 10.6. The van der Waals surface area contributed by atoms with Gasteiger partial charge in [0.05, 0.1) is 11.1 Å². The molecular weight excluding hydrogens is 571 g/mol. The van der Waals surface area contributed by atoms with Crippen LogP contribution in [0.5, 0.6) is 0 Å². The number of imide groups is 1. The fourth-order valence-corrected chi connectivity index (χ4v) is 4.68. The van der Waals surface area contributed by atoms with Crippen molar-refractivity contribution in [3.8, 4) is 0 Å². The SMILES string of the molecule is Cc1ccnc(N(C(=O)c2ccccc2C(=O)c2ccc(Cl)cc2)C(=O)c2ccccc2C(=O)c2ccc(Cl)cc2)c1. The van der Waals surface area contributed by atoms with E-state index >= 15 is 0 Å². The average Bonchev–Trinajstić information content (AvgIpc) is 3.01. The molecule has 0 spiro atoms. The molecule has 0 atom stereocenters. The Morgan fingerprint density at radius 3 is 1.38 bits per heavy atom. The molecule has 0 bridgehead atoms. The molecule has 206 valence electrons. The van der Waals surface area contributed by atoms with E-state index in [4.69, 9.17) is 23.2 Å². The Labute approximate surface area is 252 Å². The molecule has 1 heterocycles. The molecule has 5 rings (SSSR count). The first-order valence-corrected chi connectivity index (χ1v) is 13.6. The van der Waals surface area contributed by atoms with Crippen LogP contribution in [0, 0.1) is 6.92 Å². The highest BCUT2D eigenvalue weighted by Crippen LogP contribution is 2.25. The van der Waals surface area contributed by atoms with Crippen molar-refractivity contribution >= 4 is 52.4 Å². The Morgan fingerprint density at radius 2 is 0.976 bits per heavy atom. The Kier molecular flexibility index (Phi) is 8.38. The van der Waals surface area contributed by atoms with Crippen LogP contribution in [0.2, 0.25) is 10.0 Å². The third kappa shape index (κ3) is 5.91. The number of amides is 2. The summed E-state index contributed by atoms with van der Waals surface area (Å²) in [4.78, 5) is 60.7. The maximum absolute atomic E-state index is 14.3. The molecule has 6 nitrogen and oxygen atoms in total. The van der Waals surface area contributed by atoms with Gasteiger partial charge in [-0.1, -0.05) is 59.6 Å². The number of aromatic nitrogens is 1. The number of benzene rings is 4. The quantitative estimate of drug-likeness (QED) is 0.143. The summed E-state index contributed by atoms with van der Waals surface area (Å²) >= 11 is 12.0. The van der Waals surface area contributed by atoms with E-state index < -0.39 is 23.4 Å². The highest BCUT2D eigenvalue weighted by molar-refractivity contribution is 6.32. The number of nitrogens with zero attached hydrogens (tertiary/aromatic N) is 2. The largest absolute Gasteiger partial charge is 0.289 e. The van der Waals surface area contributed by atoms with Gasteiger partial charge < -0.3 is 0 Å². The average molecular weight is 593 g/mol. The van der Waals surface area contributed by atoms with Crippen molar-refractivity contribution in [3.05, 3.63) is 164 Å². The first-order valence-electron chi connectivity index (χ1n) is 12.8. The van der Waals surface area contributed by atoms with Gasteiger partial charge in [-0.15, -0.1) is 0 Å². The molecule has 0 radical (unpaired) electrons. The van der Waals surface area contributed by atoms with E-state index in [0.29, 0.717) is 21.2 Å². The van der Waals surface area contributed by atoms with Crippen LogP contribution in [0.3, 0.4) is 0 Å². The number of pyridine rings is 1. The lowest BCUT2D eigenvalue weighted by atomic mass is 9.96. The van der Waals surface area contributed by atoms with E-state index in [1.807, 2.05) is 0 Å². The van der Waals surface area contributed by atoms with Gasteiger partial charge in [0.25, 0.3) is 11.8 Å². The van der Waals surface area contributed by atoms with Crippen LogP contribution >= 0.6 is 23.2 Å². The summed E-state index contributed by atoms with van der Waals surface area (Å²) < 4.78 is 0. The Bertz CT molecular complexity index is 1720. The molecule has 0 unspecified atom stereocenters. The summed E-state index contributed by atoms with van der Waals surface area (Å²) in [5, 5.41) is 0.926. The molecule has 0 aliphatic rings. The smallest absolute Gasteiger partial charge is 0.267 e. The van der Waals surface area contributed by atoms with E-state index in [9.17, 15) is 19.2 Å². The summed E-state index contributed by atoms with van der Waals surface area (Å²) in [5.74, 6) is -2.33. The van der Waals surface area contributed by atoms with Gasteiger partial charge in [-0.2, -0.15) is 0 Å². The van der Waals surface area contributed by atoms with Crippen molar-refractivity contribution in [1.82, 2.24) is 4.98 Å². The topological polar surface area (TPSA) is 84.4 Å². The minimum atomic E-state index is -0.773. The number of carbonyl (C=O) groups is 4. The van der Waals surface area contributed by atoms with Gasteiger partial charge in [-0.3, -0.25) is 19.2 Å². The Morgan fingerprint density at radius 1 is 0.571 bits per heavy atom. The molecule has 5 aromatic rings. The van der Waals surface area contributed by atoms with Crippen molar-refractivity contribution in [1.29, 1.82) is 0 Å². The number of carbonyl (C=O) groups excluding carboxylic acids is 4. The number of ketones is 2. The third-order valence-corrected chi connectivity index (χ3v) is 7.06. The second-order valence-electron chi connectivity index (χ2n) is 9.40. The molecule has 1 aromatic heterocycles. The summed E-state index contributed by atoms with van der Waals surface area (Å²) in [6.45, 7) is 1.80. The van der Waals surface area contributed by atoms with Crippen molar-refractivity contribution < 1.29 is 19.2 Å². The van der Waals surface area contributed by atoms with E-state index in [0.717, 1.165) is 10.5 Å². The van der Waals surface area contributed by atoms with Crippen LogP contribution in [0.4, 0.5) is 5.82 Å². The van der Waals surface area contributed by atoms with Gasteiger partial charge in [0, 0.05) is 38.5 Å². The summed E-state index contributed by atoms with van der Waals surface area (Å²) in [7, 11) is 0. The molecule has 0 aliphatic heterocycles. The number of anilines is 1. The number of hydrogen-bond acceptors (Lipinski definition) is 5. The van der Waals surface area contributed by atoms with E-state index in [1.165, 1.54) is 30.5 Å². The van der Waals surface area contributed by atoms with Crippen LogP contribution in [0.15, 0.2) is 115 Å². The van der Waals surface area contributed by atoms with Crippen molar-refractivity contribution in [3.63, 3.8) is 0 Å². The zero-order valence-electron chi connectivity index (χ0n) is 22.3. The first-order chi connectivity index (χ1) is 20.2. The van der Waals surface area contributed by atoms with Crippen molar-refractivity contribution in [2.75, 3.05) is 4.90 Å². The highest BCUT2D eigenvalue weighted by atomic mass is 35.5. The lowest BCUT2D eigenvalue weighted by Gasteiger charge is -2.22. The molecule has 8 heteroatoms. The molecule has 0 N–H and O–H groups in total. The number of hydrogen-bond donors (Lipinski definition) is 0. The maximum Gasteiger partial charge on any atom is 0.267 e. The van der Waals surface area contributed by atoms with Crippen molar-refractivity contribution in [2.24, 2.45) is 0 Å². The van der Waals surface area contributed by atoms with E-state index in [1.54, 1.807) is 91.9 Å². The van der Waals surface area contributed by atoms with E-state index in [2.05, 4.69) is 4.98 Å². The fourth-order valence-electron chi connectivity index (χ4n) is 4.43. The monoisotopic (exact) mass is 592 g/mol. The lowest BCUT2D eigenvalue weighted by molar-refractivity contribution is 0.0885. The second kappa shape index (κ2) is 12.3. The molecule has 4 aromatic carbocycles. The molecule has 2 amide bonds. The second-order valence-corrected chi connectivity index (χ2v) is 10.3. The minimum absolute atomic E-state index is 0.00406. The molecule has 0 aliphatic carbocycles. The summed E-state index contributed by atoms with van der Waals surface area (Å²) in [5.41, 5.74) is 1.59. The van der Waals surface area contributed by atoms with Crippen LogP contribution in [0.25, 0.3) is 0 Å². The maximum atomic E-state index is 14.3. The fraction of sp³-hybridized carbons (Fsp3) is 0.0294. The zero-order chi connectivity index (χ0) is 29.8. The van der Waals surface area contributed by atoms with Gasteiger partial charge in [0.15, 0.2) is 11.6 Å². The lowest BCUT2D eigenvalue weighted by Crippen LogP contribution is -2.39. The van der Waals surface area contributed by atoms with Crippen LogP contribution in [-0.4, -0.2) is 28.4 Å². The molecule has 0 saturated carbocycles. The van der Waals surface area contributed by atoms with Gasteiger partial charge in [0.2, 0.25) is 0 Å². The molecule has 42 heavy (non-hydrogen) atoms. The van der Waals surface area contributed by atoms with Gasteiger partial charge >= 0.3 is 0 Å². The summed E-state index contributed by atoms with van der Waals surface area (Å²) in [6, 6.07) is 28.4. The van der Waals surface area contributed by atoms with Crippen molar-refractivity contribution in [2.45, 2.75) is 6.92 Å².